The first-order valence-electron chi connectivity index (χ1n) is 12.2. The molecule has 3 heterocycles. The number of nitrogens with zero attached hydrogens (tertiary/aromatic N) is 3. The number of nitrogens with one attached hydrogen (secondary N) is 2. The van der Waals surface area contributed by atoms with Gasteiger partial charge in [0, 0.05) is 24.0 Å². The van der Waals surface area contributed by atoms with Crippen molar-refractivity contribution in [1.82, 2.24) is 20.3 Å². The van der Waals surface area contributed by atoms with E-state index >= 15 is 0 Å². The molecular weight excluding hydrogens is 390 g/mol. The normalized spacial score (nSPS) is 26.1. The van der Waals surface area contributed by atoms with Crippen LogP contribution in [-0.2, 0) is 0 Å². The van der Waals surface area contributed by atoms with Gasteiger partial charge in [-0.3, -0.25) is 0 Å². The fourth-order valence-electron chi connectivity index (χ4n) is 5.37. The molecule has 31 heavy (non-hydrogen) atoms. The summed E-state index contributed by atoms with van der Waals surface area (Å²) in [4.78, 5) is 14.4. The maximum atomic E-state index is 9.96. The molecule has 5 rings (SSSR count). The number of piperidine rings is 1. The molecule has 0 radical (unpaired) electrons. The van der Waals surface area contributed by atoms with Gasteiger partial charge >= 0.3 is 0 Å². The van der Waals surface area contributed by atoms with Crippen molar-refractivity contribution in [3.63, 3.8) is 0 Å². The van der Waals surface area contributed by atoms with Crippen molar-refractivity contribution in [2.75, 3.05) is 18.4 Å². The van der Waals surface area contributed by atoms with Crippen LogP contribution in [0.2, 0.25) is 0 Å². The summed E-state index contributed by atoms with van der Waals surface area (Å²) in [5.41, 5.74) is 2.14. The minimum Gasteiger partial charge on any atom is -0.474 e. The third kappa shape index (κ3) is 4.93. The maximum absolute atomic E-state index is 9.96. The van der Waals surface area contributed by atoms with E-state index < -0.39 is 0 Å². The van der Waals surface area contributed by atoms with Crippen molar-refractivity contribution >= 4 is 16.9 Å². The Morgan fingerprint density at radius 3 is 2.45 bits per heavy atom. The molecule has 7 heteroatoms. The van der Waals surface area contributed by atoms with Crippen molar-refractivity contribution < 1.29 is 9.84 Å². The van der Waals surface area contributed by atoms with Gasteiger partial charge in [0.15, 0.2) is 0 Å². The molecule has 0 spiro atoms. The van der Waals surface area contributed by atoms with E-state index in [1.165, 1.54) is 37.7 Å². The topological polar surface area (TPSA) is 92.2 Å². The van der Waals surface area contributed by atoms with Crippen LogP contribution in [0.15, 0.2) is 12.4 Å². The Bertz CT molecular complexity index is 872. The molecule has 3 aliphatic rings. The molecule has 2 aromatic rings. The van der Waals surface area contributed by atoms with Crippen LogP contribution in [0.4, 0.5) is 5.95 Å². The Morgan fingerprint density at radius 1 is 0.903 bits per heavy atom. The lowest BCUT2D eigenvalue weighted by Crippen LogP contribution is -2.34. The van der Waals surface area contributed by atoms with Gasteiger partial charge in [-0.1, -0.05) is 19.3 Å². The highest BCUT2D eigenvalue weighted by Gasteiger charge is 2.26. The van der Waals surface area contributed by atoms with E-state index in [1.54, 1.807) is 0 Å². The van der Waals surface area contributed by atoms with Gasteiger partial charge in [-0.15, -0.1) is 0 Å². The summed E-state index contributed by atoms with van der Waals surface area (Å²) in [7, 11) is 0. The van der Waals surface area contributed by atoms with Crippen molar-refractivity contribution in [2.45, 2.75) is 94.8 Å². The molecule has 3 N–H and O–H groups in total. The van der Waals surface area contributed by atoms with Crippen LogP contribution in [0.25, 0.3) is 10.9 Å². The number of hydrogen-bond donors (Lipinski definition) is 3. The quantitative estimate of drug-likeness (QED) is 0.669. The standard InChI is InChI=1S/C24H35N5O2/c30-18-8-6-16(7-9-18)20-14-26-23(31-19-10-12-25-13-11-19)21-15-27-24(29-22(20)21)28-17-4-2-1-3-5-17/h14-19,25,30H,1-13H2,(H,27,28,29). The third-order valence-corrected chi connectivity index (χ3v) is 7.25. The largest absolute Gasteiger partial charge is 0.474 e. The van der Waals surface area contributed by atoms with Gasteiger partial charge in [0.2, 0.25) is 11.8 Å². The number of aliphatic hydroxyl groups is 1. The maximum Gasteiger partial charge on any atom is 0.224 e. The van der Waals surface area contributed by atoms with Gasteiger partial charge in [0.25, 0.3) is 0 Å². The molecule has 168 valence electrons. The fourth-order valence-corrected chi connectivity index (χ4v) is 5.37. The lowest BCUT2D eigenvalue weighted by Gasteiger charge is -2.27. The molecule has 3 fully saturated rings. The van der Waals surface area contributed by atoms with E-state index in [0.717, 1.165) is 68.5 Å². The summed E-state index contributed by atoms with van der Waals surface area (Å²) in [5, 5.41) is 17.8. The molecule has 2 aliphatic carbocycles. The Labute approximate surface area is 184 Å². The first-order valence-corrected chi connectivity index (χ1v) is 12.2. The number of hydrogen-bond acceptors (Lipinski definition) is 7. The molecule has 0 atom stereocenters. The van der Waals surface area contributed by atoms with Crippen molar-refractivity contribution in [3.8, 4) is 5.88 Å². The molecule has 0 unspecified atom stereocenters. The number of aromatic nitrogens is 3. The van der Waals surface area contributed by atoms with Gasteiger partial charge in [-0.25, -0.2) is 15.0 Å². The third-order valence-electron chi connectivity index (χ3n) is 7.25. The van der Waals surface area contributed by atoms with Crippen LogP contribution in [0.5, 0.6) is 5.88 Å². The van der Waals surface area contributed by atoms with E-state index in [1.807, 2.05) is 12.4 Å². The second-order valence-electron chi connectivity index (χ2n) is 9.53. The molecule has 0 bridgehead atoms. The smallest absolute Gasteiger partial charge is 0.224 e. The molecule has 2 saturated carbocycles. The summed E-state index contributed by atoms with van der Waals surface area (Å²) in [5.74, 6) is 1.75. The fraction of sp³-hybridized carbons (Fsp3) is 0.708. The highest BCUT2D eigenvalue weighted by atomic mass is 16.5. The van der Waals surface area contributed by atoms with E-state index in [4.69, 9.17) is 14.7 Å². The number of anilines is 1. The van der Waals surface area contributed by atoms with Crippen LogP contribution in [0.1, 0.15) is 82.1 Å². The van der Waals surface area contributed by atoms with Gasteiger partial charge in [0.05, 0.1) is 17.0 Å². The zero-order chi connectivity index (χ0) is 21.0. The van der Waals surface area contributed by atoms with Gasteiger partial charge in [-0.2, -0.15) is 0 Å². The molecular formula is C24H35N5O2. The Hall–Kier alpha value is -1.99. The minimum absolute atomic E-state index is 0.170. The van der Waals surface area contributed by atoms with Crippen molar-refractivity contribution in [2.24, 2.45) is 0 Å². The summed E-state index contributed by atoms with van der Waals surface area (Å²) >= 11 is 0. The number of rotatable bonds is 5. The summed E-state index contributed by atoms with van der Waals surface area (Å²) in [6, 6.07) is 0.465. The summed E-state index contributed by atoms with van der Waals surface area (Å²) in [6.45, 7) is 1.97. The van der Waals surface area contributed by atoms with Crippen LogP contribution >= 0.6 is 0 Å². The average molecular weight is 426 g/mol. The lowest BCUT2D eigenvalue weighted by molar-refractivity contribution is 0.122. The SMILES string of the molecule is OC1CCC(c2cnc(OC3CCNCC3)c3cnc(NC4CCCCC4)nc23)CC1. The van der Waals surface area contributed by atoms with Crippen molar-refractivity contribution in [1.29, 1.82) is 0 Å². The molecule has 2 aromatic heterocycles. The van der Waals surface area contributed by atoms with E-state index in [9.17, 15) is 5.11 Å². The Balaban J connectivity index is 1.46. The monoisotopic (exact) mass is 425 g/mol. The highest BCUT2D eigenvalue weighted by Crippen LogP contribution is 2.38. The van der Waals surface area contributed by atoms with E-state index in [2.05, 4.69) is 15.6 Å². The molecule has 0 amide bonds. The Morgan fingerprint density at radius 2 is 1.68 bits per heavy atom. The summed E-state index contributed by atoms with van der Waals surface area (Å²) in [6.07, 6.45) is 15.8. The molecule has 0 aromatic carbocycles. The van der Waals surface area contributed by atoms with E-state index in [0.29, 0.717) is 17.8 Å². The summed E-state index contributed by atoms with van der Waals surface area (Å²) < 4.78 is 6.33. The van der Waals surface area contributed by atoms with Crippen LogP contribution in [0, 0.1) is 0 Å². The Kier molecular flexibility index (Phi) is 6.50. The molecule has 1 saturated heterocycles. The van der Waals surface area contributed by atoms with Gasteiger partial charge in [-0.05, 0) is 70.4 Å². The van der Waals surface area contributed by atoms with Crippen LogP contribution < -0.4 is 15.4 Å². The lowest BCUT2D eigenvalue weighted by atomic mass is 9.83. The van der Waals surface area contributed by atoms with Crippen molar-refractivity contribution in [3.05, 3.63) is 18.0 Å². The first kappa shape index (κ1) is 20.9. The van der Waals surface area contributed by atoms with Crippen LogP contribution in [-0.4, -0.2) is 51.4 Å². The molecule has 7 nitrogen and oxygen atoms in total. The minimum atomic E-state index is -0.170. The number of fused-ring (bicyclic) bond motifs is 1. The second kappa shape index (κ2) is 9.65. The zero-order valence-electron chi connectivity index (χ0n) is 18.4. The predicted molar refractivity (Wildman–Crippen MR) is 122 cm³/mol. The van der Waals surface area contributed by atoms with Crippen LogP contribution in [0.3, 0.4) is 0 Å². The van der Waals surface area contributed by atoms with E-state index in [-0.39, 0.29) is 12.2 Å². The average Bonchev–Trinajstić information content (AvgIpc) is 2.81. The number of ether oxygens (including phenoxy) is 1. The zero-order valence-corrected chi connectivity index (χ0v) is 18.4. The van der Waals surface area contributed by atoms with Gasteiger partial charge < -0.3 is 20.5 Å². The number of pyridine rings is 1. The van der Waals surface area contributed by atoms with Gasteiger partial charge in [0.1, 0.15) is 6.10 Å². The first-order chi connectivity index (χ1) is 15.3. The number of aliphatic hydroxyl groups excluding tert-OH is 1. The highest BCUT2D eigenvalue weighted by molar-refractivity contribution is 5.86. The predicted octanol–water partition coefficient (Wildman–Crippen LogP) is 3.92. The molecule has 1 aliphatic heterocycles. The second-order valence-corrected chi connectivity index (χ2v) is 9.53.